The Bertz CT molecular complexity index is 747. The molecule has 2 aliphatic heterocycles. The third-order valence-corrected chi connectivity index (χ3v) is 7.80. The number of amides is 1. The molecule has 0 bridgehead atoms. The number of carbonyl (C=O) groups is 1. The highest BCUT2D eigenvalue weighted by molar-refractivity contribution is 7.89. The van der Waals surface area contributed by atoms with Crippen LogP contribution < -0.4 is 0 Å². The van der Waals surface area contributed by atoms with Crippen LogP contribution in [0, 0.1) is 0 Å². The number of sulfonamides is 1. The zero-order valence-corrected chi connectivity index (χ0v) is 16.5. The Balaban J connectivity index is 1.68. The molecule has 0 spiro atoms. The van der Waals surface area contributed by atoms with E-state index in [0.29, 0.717) is 55.9 Å². The monoisotopic (exact) mass is 400 g/mol. The molecule has 0 saturated carbocycles. The lowest BCUT2D eigenvalue weighted by molar-refractivity contribution is 0.0597. The molecular weight excluding hydrogens is 376 g/mol. The number of rotatable bonds is 4. The first-order valence-electron chi connectivity index (χ1n) is 8.98. The van der Waals surface area contributed by atoms with Crippen LogP contribution in [0.1, 0.15) is 36.0 Å². The van der Waals surface area contributed by atoms with Crippen molar-refractivity contribution in [1.82, 2.24) is 9.21 Å². The number of nitrogens with zero attached hydrogens (tertiary/aromatic N) is 2. The minimum absolute atomic E-state index is 0.133. The molecule has 3 rings (SSSR count). The number of likely N-dealkylation sites (tertiary alicyclic amines) is 1. The van der Waals surface area contributed by atoms with Crippen LogP contribution in [0.2, 0.25) is 5.02 Å². The third-order valence-electron chi connectivity index (χ3n) is 5.25. The Morgan fingerprint density at radius 2 is 1.92 bits per heavy atom. The lowest BCUT2D eigenvalue weighted by atomic mass is 10.1. The lowest BCUT2D eigenvalue weighted by Crippen LogP contribution is -2.51. The van der Waals surface area contributed by atoms with Crippen molar-refractivity contribution in [2.75, 3.05) is 33.3 Å². The lowest BCUT2D eigenvalue weighted by Gasteiger charge is -2.37. The van der Waals surface area contributed by atoms with Crippen molar-refractivity contribution >= 4 is 27.5 Å². The first-order chi connectivity index (χ1) is 12.4. The van der Waals surface area contributed by atoms with Gasteiger partial charge in [-0.25, -0.2) is 12.7 Å². The predicted molar refractivity (Wildman–Crippen MR) is 101 cm³/mol. The molecule has 1 atom stereocenters. The molecule has 26 heavy (non-hydrogen) atoms. The summed E-state index contributed by atoms with van der Waals surface area (Å²) < 4.78 is 32.9. The van der Waals surface area contributed by atoms with Crippen molar-refractivity contribution in [3.05, 3.63) is 34.9 Å². The number of methoxy groups -OCH3 is 1. The summed E-state index contributed by atoms with van der Waals surface area (Å²) in [6, 6.07) is 6.78. The van der Waals surface area contributed by atoms with E-state index in [1.54, 1.807) is 40.6 Å². The Kier molecular flexibility index (Phi) is 6.22. The molecule has 8 heteroatoms. The summed E-state index contributed by atoms with van der Waals surface area (Å²) in [5.41, 5.74) is 0.497. The first-order valence-corrected chi connectivity index (χ1v) is 10.9. The molecule has 0 aliphatic carbocycles. The molecule has 0 aromatic heterocycles. The van der Waals surface area contributed by atoms with Crippen molar-refractivity contribution in [3.8, 4) is 0 Å². The number of carbonyl (C=O) groups excluding carboxylic acids is 1. The number of ether oxygens (including phenoxy) is 1. The van der Waals surface area contributed by atoms with E-state index in [2.05, 4.69) is 0 Å². The smallest absolute Gasteiger partial charge is 0.253 e. The molecule has 0 unspecified atom stereocenters. The summed E-state index contributed by atoms with van der Waals surface area (Å²) in [5.74, 6) is -0.162. The maximum atomic E-state index is 13.0. The Morgan fingerprint density at radius 1 is 1.19 bits per heavy atom. The normalized spacial score (nSPS) is 23.2. The van der Waals surface area contributed by atoms with Crippen LogP contribution in [-0.2, 0) is 14.8 Å². The Labute approximate surface area is 160 Å². The second-order valence-electron chi connectivity index (χ2n) is 6.90. The number of halogens is 1. The fraction of sp³-hybridized carbons (Fsp3) is 0.611. The summed E-state index contributed by atoms with van der Waals surface area (Å²) in [6.07, 6.45) is 2.84. The average Bonchev–Trinajstić information content (AvgIpc) is 2.67. The van der Waals surface area contributed by atoms with Crippen molar-refractivity contribution in [3.63, 3.8) is 0 Å². The predicted octanol–water partition coefficient (Wildman–Crippen LogP) is 2.39. The van der Waals surface area contributed by atoms with E-state index < -0.39 is 15.3 Å². The van der Waals surface area contributed by atoms with E-state index in [4.69, 9.17) is 16.3 Å². The molecule has 2 fully saturated rings. The molecule has 1 aromatic rings. The third kappa shape index (κ3) is 4.22. The van der Waals surface area contributed by atoms with E-state index in [-0.39, 0.29) is 18.6 Å². The Hall–Kier alpha value is -1.15. The van der Waals surface area contributed by atoms with Gasteiger partial charge in [0.25, 0.3) is 5.91 Å². The van der Waals surface area contributed by atoms with Crippen molar-refractivity contribution in [2.45, 2.75) is 37.0 Å². The van der Waals surface area contributed by atoms with Gasteiger partial charge in [-0.05, 0) is 43.9 Å². The molecule has 2 heterocycles. The molecule has 1 aromatic carbocycles. The summed E-state index contributed by atoms with van der Waals surface area (Å²) >= 11 is 5.97. The summed E-state index contributed by atoms with van der Waals surface area (Å²) in [6.45, 7) is 1.78. The van der Waals surface area contributed by atoms with Crippen molar-refractivity contribution < 1.29 is 17.9 Å². The minimum Gasteiger partial charge on any atom is -0.381 e. The highest BCUT2D eigenvalue weighted by Gasteiger charge is 2.38. The van der Waals surface area contributed by atoms with E-state index in [0.717, 1.165) is 0 Å². The van der Waals surface area contributed by atoms with Gasteiger partial charge in [0.15, 0.2) is 0 Å². The topological polar surface area (TPSA) is 66.9 Å². The largest absolute Gasteiger partial charge is 0.381 e. The van der Waals surface area contributed by atoms with Gasteiger partial charge in [-0.3, -0.25) is 4.79 Å². The maximum absolute atomic E-state index is 13.0. The maximum Gasteiger partial charge on any atom is 0.253 e. The molecular formula is C18H25ClN2O4S. The summed E-state index contributed by atoms with van der Waals surface area (Å²) in [4.78, 5) is 14.4. The van der Waals surface area contributed by atoms with Gasteiger partial charge in [0.2, 0.25) is 10.0 Å². The molecule has 2 saturated heterocycles. The second kappa shape index (κ2) is 8.25. The molecule has 2 aliphatic rings. The number of hydrogen-bond acceptors (Lipinski definition) is 4. The van der Waals surface area contributed by atoms with Crippen molar-refractivity contribution in [2.24, 2.45) is 0 Å². The number of piperidine rings is 2. The molecule has 0 N–H and O–H groups in total. The minimum atomic E-state index is -3.42. The van der Waals surface area contributed by atoms with Crippen LogP contribution in [0.5, 0.6) is 0 Å². The highest BCUT2D eigenvalue weighted by Crippen LogP contribution is 2.25. The second-order valence-corrected chi connectivity index (χ2v) is 9.55. The summed E-state index contributed by atoms with van der Waals surface area (Å²) in [5, 5.41) is -0.0449. The van der Waals surface area contributed by atoms with Gasteiger partial charge in [-0.15, -0.1) is 0 Å². The highest BCUT2D eigenvalue weighted by atomic mass is 35.5. The van der Waals surface area contributed by atoms with Gasteiger partial charge in [0.1, 0.15) is 0 Å². The zero-order chi connectivity index (χ0) is 18.7. The van der Waals surface area contributed by atoms with E-state index in [1.165, 1.54) is 0 Å². The number of benzene rings is 1. The van der Waals surface area contributed by atoms with Crippen LogP contribution in [0.3, 0.4) is 0 Å². The van der Waals surface area contributed by atoms with Gasteiger partial charge < -0.3 is 9.64 Å². The molecule has 0 radical (unpaired) electrons. The van der Waals surface area contributed by atoms with Crippen LogP contribution in [0.25, 0.3) is 0 Å². The van der Waals surface area contributed by atoms with E-state index in [9.17, 15) is 13.2 Å². The zero-order valence-electron chi connectivity index (χ0n) is 14.9. The number of hydrogen-bond donors (Lipinski definition) is 0. The average molecular weight is 401 g/mol. The first kappa shape index (κ1) is 19.6. The SMILES string of the molecule is COC1CCN(S(=O)(=O)[C@@H]2CCCN(C(=O)c3cccc(Cl)c3)C2)CC1. The van der Waals surface area contributed by atoms with Crippen LogP contribution in [0.15, 0.2) is 24.3 Å². The van der Waals surface area contributed by atoms with Crippen LogP contribution in [0.4, 0.5) is 0 Å². The van der Waals surface area contributed by atoms with Crippen molar-refractivity contribution in [1.29, 1.82) is 0 Å². The van der Waals surface area contributed by atoms with Gasteiger partial charge in [0, 0.05) is 43.9 Å². The summed E-state index contributed by atoms with van der Waals surface area (Å²) in [7, 11) is -1.75. The van der Waals surface area contributed by atoms with Crippen LogP contribution >= 0.6 is 11.6 Å². The quantitative estimate of drug-likeness (QED) is 0.778. The molecule has 144 valence electrons. The van der Waals surface area contributed by atoms with Gasteiger partial charge in [0.05, 0.1) is 11.4 Å². The standard InChI is InChI=1S/C18H25ClN2O4S/c1-25-16-7-10-21(11-8-16)26(23,24)17-6-3-9-20(13-17)18(22)14-4-2-5-15(19)12-14/h2,4-5,12,16-17H,3,6-11,13H2,1H3/t17-/m1/s1. The van der Waals surface area contributed by atoms with Gasteiger partial charge >= 0.3 is 0 Å². The van der Waals surface area contributed by atoms with E-state index in [1.807, 2.05) is 0 Å². The van der Waals surface area contributed by atoms with Gasteiger partial charge in [-0.2, -0.15) is 0 Å². The fourth-order valence-electron chi connectivity index (χ4n) is 3.70. The molecule has 6 nitrogen and oxygen atoms in total. The van der Waals surface area contributed by atoms with E-state index >= 15 is 0 Å². The van der Waals surface area contributed by atoms with Crippen LogP contribution in [-0.4, -0.2) is 68.2 Å². The van der Waals surface area contributed by atoms with Gasteiger partial charge in [-0.1, -0.05) is 17.7 Å². The fourth-order valence-corrected chi connectivity index (χ4v) is 5.87. The Morgan fingerprint density at radius 3 is 2.58 bits per heavy atom. The molecule has 1 amide bonds.